The van der Waals surface area contributed by atoms with Gasteiger partial charge >= 0.3 is 6.11 Å². The summed E-state index contributed by atoms with van der Waals surface area (Å²) in [7, 11) is 0. The van der Waals surface area contributed by atoms with E-state index in [2.05, 4.69) is 11.7 Å². The maximum atomic E-state index is 12.6. The van der Waals surface area contributed by atoms with Crippen LogP contribution in [0.1, 0.15) is 32.1 Å². The van der Waals surface area contributed by atoms with Crippen LogP contribution in [0, 0.1) is 6.92 Å². The summed E-state index contributed by atoms with van der Waals surface area (Å²) in [6.07, 6.45) is 0.905. The zero-order chi connectivity index (χ0) is 11.0. The number of hydrogen-bond donors (Lipinski definition) is 0. The van der Waals surface area contributed by atoms with E-state index in [-0.39, 0.29) is 6.61 Å². The minimum absolute atomic E-state index is 0.0138. The van der Waals surface area contributed by atoms with Crippen LogP contribution < -0.4 is 0 Å². The van der Waals surface area contributed by atoms with Gasteiger partial charge in [-0.3, -0.25) is 0 Å². The fourth-order valence-electron chi connectivity index (χ4n) is 0.904. The Morgan fingerprint density at radius 2 is 1.71 bits per heavy atom. The third-order valence-corrected chi connectivity index (χ3v) is 2.20. The van der Waals surface area contributed by atoms with E-state index in [0.29, 0.717) is 6.42 Å². The molecule has 1 nitrogen and oxygen atoms in total. The average Bonchev–Trinajstić information content (AvgIpc) is 2.10. The van der Waals surface area contributed by atoms with Crippen molar-refractivity contribution in [1.82, 2.24) is 0 Å². The zero-order valence-electron chi connectivity index (χ0n) is 7.95. The third kappa shape index (κ3) is 6.80. The quantitative estimate of drug-likeness (QED) is 0.462. The highest BCUT2D eigenvalue weighted by atomic mass is 35.5. The van der Waals surface area contributed by atoms with E-state index in [0.717, 1.165) is 25.7 Å². The molecule has 0 saturated heterocycles. The molecule has 0 spiro atoms. The molecule has 0 aliphatic rings. The first-order valence-corrected chi connectivity index (χ1v) is 5.47. The van der Waals surface area contributed by atoms with Crippen LogP contribution in [-0.4, -0.2) is 17.6 Å². The van der Waals surface area contributed by atoms with Crippen LogP contribution in [-0.2, 0) is 4.74 Å². The van der Waals surface area contributed by atoms with Crippen molar-refractivity contribution in [2.45, 2.75) is 43.0 Å². The summed E-state index contributed by atoms with van der Waals surface area (Å²) >= 11 is 10.0. The van der Waals surface area contributed by atoms with Gasteiger partial charge in [0.05, 0.1) is 6.61 Å². The highest BCUT2D eigenvalue weighted by Crippen LogP contribution is 2.27. The summed E-state index contributed by atoms with van der Waals surface area (Å²) in [5.41, 5.74) is 0. The van der Waals surface area contributed by atoms with Crippen LogP contribution in [0.5, 0.6) is 0 Å². The smallest absolute Gasteiger partial charge is 0.318 e. The van der Waals surface area contributed by atoms with Crippen molar-refractivity contribution in [2.75, 3.05) is 6.61 Å². The van der Waals surface area contributed by atoms with Crippen molar-refractivity contribution < 1.29 is 13.5 Å². The number of rotatable bonds is 8. The first kappa shape index (κ1) is 14.4. The second-order valence-electron chi connectivity index (χ2n) is 2.98. The lowest BCUT2D eigenvalue weighted by molar-refractivity contribution is -0.228. The Labute approximate surface area is 93.7 Å². The summed E-state index contributed by atoms with van der Waals surface area (Å²) in [5.74, 6) is 0. The normalized spacial score (nSPS) is 12.4. The first-order chi connectivity index (χ1) is 6.50. The predicted octanol–water partition coefficient (Wildman–Crippen LogP) is 4.18. The Bertz CT molecular complexity index is 143. The zero-order valence-corrected chi connectivity index (χ0v) is 9.46. The molecule has 0 aliphatic carbocycles. The van der Waals surface area contributed by atoms with Gasteiger partial charge < -0.3 is 4.74 Å². The van der Waals surface area contributed by atoms with E-state index >= 15 is 0 Å². The molecule has 0 unspecified atom stereocenters. The van der Waals surface area contributed by atoms with Gasteiger partial charge in [-0.25, -0.2) is 0 Å². The lowest BCUT2D eigenvalue weighted by Gasteiger charge is -2.17. The Kier molecular flexibility index (Phi) is 7.88. The predicted molar refractivity (Wildman–Crippen MR) is 54.8 cm³/mol. The van der Waals surface area contributed by atoms with E-state index in [1.165, 1.54) is 0 Å². The molecule has 1 radical (unpaired) electrons. The van der Waals surface area contributed by atoms with Crippen molar-refractivity contribution >= 4 is 23.2 Å². The molecule has 0 fully saturated rings. The molecule has 0 bridgehead atoms. The minimum Gasteiger partial charge on any atom is -0.318 e. The summed E-state index contributed by atoms with van der Waals surface area (Å²) in [5, 5.41) is 0. The highest BCUT2D eigenvalue weighted by molar-refractivity contribution is 6.44. The van der Waals surface area contributed by atoms with Gasteiger partial charge in [0.25, 0.3) is 0 Å². The molecule has 0 heterocycles. The lowest BCUT2D eigenvalue weighted by atomic mass is 10.2. The number of ether oxygens (including phenoxy) is 1. The topological polar surface area (TPSA) is 9.23 Å². The van der Waals surface area contributed by atoms with Gasteiger partial charge in [-0.1, -0.05) is 55.8 Å². The molecular formula is C9H15Cl2F2O. The molecule has 0 rings (SSSR count). The van der Waals surface area contributed by atoms with Crippen LogP contribution in [0.15, 0.2) is 0 Å². The Hall–Kier alpha value is 0.400. The fourth-order valence-corrected chi connectivity index (χ4v) is 1.03. The van der Waals surface area contributed by atoms with Gasteiger partial charge in [-0.05, 0) is 6.42 Å². The van der Waals surface area contributed by atoms with E-state index in [1.54, 1.807) is 0 Å². The molecule has 14 heavy (non-hydrogen) atoms. The largest absolute Gasteiger partial charge is 0.385 e. The lowest BCUT2D eigenvalue weighted by Crippen LogP contribution is -2.29. The maximum Gasteiger partial charge on any atom is 0.385 e. The number of alkyl halides is 4. The number of unbranched alkanes of at least 4 members (excludes halogenated alkanes) is 4. The van der Waals surface area contributed by atoms with Crippen molar-refractivity contribution in [3.8, 4) is 0 Å². The van der Waals surface area contributed by atoms with Crippen LogP contribution in [0.2, 0.25) is 0 Å². The summed E-state index contributed by atoms with van der Waals surface area (Å²) in [4.78, 5) is -1.80. The van der Waals surface area contributed by atoms with Crippen LogP contribution in [0.4, 0.5) is 8.78 Å². The second-order valence-corrected chi connectivity index (χ2v) is 4.07. The van der Waals surface area contributed by atoms with E-state index < -0.39 is 10.9 Å². The standard InChI is InChI=1S/C9H15Cl2F2O/c1-2-3-4-5-6-7-14-9(12,13)8(10)11/h8H,1-7H2. The van der Waals surface area contributed by atoms with Crippen LogP contribution in [0.3, 0.4) is 0 Å². The van der Waals surface area contributed by atoms with Gasteiger partial charge in [0.2, 0.25) is 0 Å². The third-order valence-electron chi connectivity index (χ3n) is 1.69. The van der Waals surface area contributed by atoms with Gasteiger partial charge in [-0.2, -0.15) is 8.78 Å². The van der Waals surface area contributed by atoms with Crippen molar-refractivity contribution in [2.24, 2.45) is 0 Å². The van der Waals surface area contributed by atoms with E-state index in [1.807, 2.05) is 0 Å². The highest BCUT2D eigenvalue weighted by Gasteiger charge is 2.38. The van der Waals surface area contributed by atoms with Crippen molar-refractivity contribution in [3.05, 3.63) is 6.92 Å². The molecule has 0 aromatic carbocycles. The summed E-state index contributed by atoms with van der Waals surface area (Å²) in [6.45, 7) is 3.67. The van der Waals surface area contributed by atoms with Gasteiger partial charge in [0.1, 0.15) is 0 Å². The SMILES string of the molecule is [CH2]CCCCCCOC(F)(F)C(Cl)Cl. The second kappa shape index (κ2) is 7.66. The fraction of sp³-hybridized carbons (Fsp3) is 0.889. The molecule has 0 aromatic rings. The maximum absolute atomic E-state index is 12.6. The first-order valence-electron chi connectivity index (χ1n) is 4.60. The Balaban J connectivity index is 3.35. The Morgan fingerprint density at radius 1 is 1.14 bits per heavy atom. The molecule has 0 N–H and O–H groups in total. The van der Waals surface area contributed by atoms with Gasteiger partial charge in [0.15, 0.2) is 4.84 Å². The molecule has 0 saturated carbocycles. The molecule has 5 heteroatoms. The van der Waals surface area contributed by atoms with E-state index in [9.17, 15) is 8.78 Å². The monoisotopic (exact) mass is 247 g/mol. The van der Waals surface area contributed by atoms with Gasteiger partial charge in [-0.15, -0.1) is 0 Å². The number of halogens is 4. The molecular weight excluding hydrogens is 233 g/mol. The molecule has 0 amide bonds. The molecule has 85 valence electrons. The summed E-state index contributed by atoms with van der Waals surface area (Å²) in [6, 6.07) is 0. The van der Waals surface area contributed by atoms with E-state index in [4.69, 9.17) is 23.2 Å². The van der Waals surface area contributed by atoms with Crippen molar-refractivity contribution in [3.63, 3.8) is 0 Å². The van der Waals surface area contributed by atoms with Crippen molar-refractivity contribution in [1.29, 1.82) is 0 Å². The Morgan fingerprint density at radius 3 is 2.21 bits per heavy atom. The average molecular weight is 248 g/mol. The molecule has 0 aliphatic heterocycles. The minimum atomic E-state index is -3.44. The number of hydrogen-bond acceptors (Lipinski definition) is 1. The van der Waals surface area contributed by atoms with Gasteiger partial charge in [0, 0.05) is 0 Å². The van der Waals surface area contributed by atoms with Crippen LogP contribution >= 0.6 is 23.2 Å². The summed E-state index contributed by atoms with van der Waals surface area (Å²) < 4.78 is 29.5. The molecule has 0 atom stereocenters. The molecule has 0 aromatic heterocycles. The van der Waals surface area contributed by atoms with Crippen LogP contribution in [0.25, 0.3) is 0 Å².